The molecule has 1 N–H and O–H groups in total. The van der Waals surface area contributed by atoms with Crippen LogP contribution in [0, 0.1) is 19.7 Å². The third-order valence-electron chi connectivity index (χ3n) is 3.51. The molecule has 2 aromatic carbocycles. The number of hydrogen-bond acceptors (Lipinski definition) is 3. The minimum absolute atomic E-state index is 0.221. The largest absolute Gasteiger partial charge is 0.493 e. The molecule has 112 valence electrons. The van der Waals surface area contributed by atoms with Crippen LogP contribution >= 0.6 is 0 Å². The molecule has 0 amide bonds. The number of rotatable bonds is 5. The molecule has 21 heavy (non-hydrogen) atoms. The van der Waals surface area contributed by atoms with E-state index in [-0.39, 0.29) is 5.82 Å². The van der Waals surface area contributed by atoms with E-state index < -0.39 is 0 Å². The second-order valence-corrected chi connectivity index (χ2v) is 4.95. The Labute approximate surface area is 124 Å². The van der Waals surface area contributed by atoms with Crippen molar-refractivity contribution in [2.24, 2.45) is 0 Å². The van der Waals surface area contributed by atoms with Crippen molar-refractivity contribution in [3.05, 3.63) is 52.8 Å². The van der Waals surface area contributed by atoms with Crippen molar-refractivity contribution in [2.45, 2.75) is 20.4 Å². The highest BCUT2D eigenvalue weighted by atomic mass is 19.1. The third-order valence-corrected chi connectivity index (χ3v) is 3.51. The highest BCUT2D eigenvalue weighted by Crippen LogP contribution is 2.33. The zero-order chi connectivity index (χ0) is 15.4. The van der Waals surface area contributed by atoms with Crippen LogP contribution in [0.4, 0.5) is 10.1 Å². The van der Waals surface area contributed by atoms with Gasteiger partial charge in [-0.1, -0.05) is 6.07 Å². The van der Waals surface area contributed by atoms with Gasteiger partial charge in [0.25, 0.3) is 0 Å². The van der Waals surface area contributed by atoms with Gasteiger partial charge < -0.3 is 14.8 Å². The lowest BCUT2D eigenvalue weighted by atomic mass is 10.1. The molecule has 0 aliphatic rings. The molecule has 0 radical (unpaired) electrons. The Morgan fingerprint density at radius 2 is 1.62 bits per heavy atom. The van der Waals surface area contributed by atoms with Gasteiger partial charge in [-0.15, -0.1) is 0 Å². The zero-order valence-corrected chi connectivity index (χ0v) is 12.8. The van der Waals surface area contributed by atoms with Crippen molar-refractivity contribution < 1.29 is 13.9 Å². The summed E-state index contributed by atoms with van der Waals surface area (Å²) >= 11 is 0. The third kappa shape index (κ3) is 3.45. The number of halogens is 1. The average Bonchev–Trinajstić information content (AvgIpc) is 2.48. The topological polar surface area (TPSA) is 30.5 Å². The maximum atomic E-state index is 13.3. The lowest BCUT2D eigenvalue weighted by Gasteiger charge is -2.15. The van der Waals surface area contributed by atoms with E-state index in [9.17, 15) is 4.39 Å². The maximum Gasteiger partial charge on any atom is 0.162 e. The Morgan fingerprint density at radius 3 is 2.29 bits per heavy atom. The minimum atomic E-state index is -0.221. The molecule has 0 aromatic heterocycles. The van der Waals surface area contributed by atoms with E-state index in [0.29, 0.717) is 18.0 Å². The Hall–Kier alpha value is -2.23. The monoisotopic (exact) mass is 289 g/mol. The molecular weight excluding hydrogens is 269 g/mol. The molecule has 0 spiro atoms. The first-order valence-electron chi connectivity index (χ1n) is 6.76. The van der Waals surface area contributed by atoms with Crippen LogP contribution in [-0.2, 0) is 6.54 Å². The van der Waals surface area contributed by atoms with Crippen LogP contribution in [0.3, 0.4) is 0 Å². The van der Waals surface area contributed by atoms with Crippen molar-refractivity contribution in [3.63, 3.8) is 0 Å². The summed E-state index contributed by atoms with van der Waals surface area (Å²) in [6.45, 7) is 4.51. The lowest BCUT2D eigenvalue weighted by molar-refractivity contribution is 0.355. The molecule has 0 fully saturated rings. The number of ether oxygens (including phenoxy) is 2. The molecule has 0 saturated carbocycles. The van der Waals surface area contributed by atoms with E-state index in [0.717, 1.165) is 22.4 Å². The van der Waals surface area contributed by atoms with Gasteiger partial charge in [0.15, 0.2) is 11.5 Å². The molecule has 0 unspecified atom stereocenters. The molecule has 2 aromatic rings. The van der Waals surface area contributed by atoms with E-state index in [1.807, 2.05) is 26.0 Å². The lowest BCUT2D eigenvalue weighted by Crippen LogP contribution is -2.04. The van der Waals surface area contributed by atoms with Crippen molar-refractivity contribution >= 4 is 5.69 Å². The number of nitrogens with one attached hydrogen (secondary N) is 1. The fraction of sp³-hybridized carbons (Fsp3) is 0.294. The summed E-state index contributed by atoms with van der Waals surface area (Å²) in [5, 5.41) is 3.32. The van der Waals surface area contributed by atoms with E-state index in [2.05, 4.69) is 5.32 Å². The van der Waals surface area contributed by atoms with Crippen LogP contribution in [-0.4, -0.2) is 14.2 Å². The van der Waals surface area contributed by atoms with Gasteiger partial charge in [0.05, 0.1) is 14.2 Å². The quantitative estimate of drug-likeness (QED) is 0.900. The molecule has 0 aliphatic carbocycles. The van der Waals surface area contributed by atoms with Crippen molar-refractivity contribution in [2.75, 3.05) is 19.5 Å². The molecule has 0 saturated heterocycles. The van der Waals surface area contributed by atoms with Gasteiger partial charge >= 0.3 is 0 Å². The summed E-state index contributed by atoms with van der Waals surface area (Å²) in [7, 11) is 3.22. The maximum absolute atomic E-state index is 13.3. The normalized spacial score (nSPS) is 10.3. The van der Waals surface area contributed by atoms with Gasteiger partial charge in [-0.3, -0.25) is 0 Å². The van der Waals surface area contributed by atoms with Crippen LogP contribution in [0.25, 0.3) is 0 Å². The fourth-order valence-corrected chi connectivity index (χ4v) is 2.19. The van der Waals surface area contributed by atoms with Gasteiger partial charge in [-0.05, 0) is 48.7 Å². The van der Waals surface area contributed by atoms with E-state index in [1.165, 1.54) is 6.07 Å². The van der Waals surface area contributed by atoms with Crippen molar-refractivity contribution in [3.8, 4) is 11.5 Å². The Bertz CT molecular complexity index is 641. The van der Waals surface area contributed by atoms with Gasteiger partial charge in [0.1, 0.15) is 5.82 Å². The molecular formula is C17H20FNO2. The molecule has 4 heteroatoms. The van der Waals surface area contributed by atoms with E-state index in [4.69, 9.17) is 9.47 Å². The average molecular weight is 289 g/mol. The molecule has 0 aliphatic heterocycles. The molecule has 0 atom stereocenters. The molecule has 0 bridgehead atoms. The van der Waals surface area contributed by atoms with Crippen LogP contribution in [0.2, 0.25) is 0 Å². The number of anilines is 1. The second kappa shape index (κ2) is 6.48. The summed E-state index contributed by atoms with van der Waals surface area (Å²) in [4.78, 5) is 0. The Balaban J connectivity index is 2.21. The first-order chi connectivity index (χ1) is 10.0. The summed E-state index contributed by atoms with van der Waals surface area (Å²) < 4.78 is 23.9. The van der Waals surface area contributed by atoms with Gasteiger partial charge in [-0.2, -0.15) is 0 Å². The van der Waals surface area contributed by atoms with Crippen molar-refractivity contribution in [1.82, 2.24) is 0 Å². The number of methoxy groups -OCH3 is 2. The van der Waals surface area contributed by atoms with Crippen molar-refractivity contribution in [1.29, 1.82) is 0 Å². The molecule has 3 nitrogen and oxygen atoms in total. The van der Waals surface area contributed by atoms with Crippen LogP contribution in [0.1, 0.15) is 16.7 Å². The van der Waals surface area contributed by atoms with Crippen LogP contribution < -0.4 is 14.8 Å². The highest BCUT2D eigenvalue weighted by molar-refractivity contribution is 5.60. The SMILES string of the molecule is COc1cc(C)c(NCc2cc(F)ccc2C)cc1OC. The summed E-state index contributed by atoms with van der Waals surface area (Å²) in [5.74, 6) is 1.14. The van der Waals surface area contributed by atoms with E-state index >= 15 is 0 Å². The second-order valence-electron chi connectivity index (χ2n) is 4.95. The predicted octanol–water partition coefficient (Wildman–Crippen LogP) is 4.07. The van der Waals surface area contributed by atoms with Gasteiger partial charge in [-0.25, -0.2) is 4.39 Å². The smallest absolute Gasteiger partial charge is 0.162 e. The molecule has 0 heterocycles. The minimum Gasteiger partial charge on any atom is -0.493 e. The number of aryl methyl sites for hydroxylation is 2. The van der Waals surface area contributed by atoms with Gasteiger partial charge in [0, 0.05) is 18.3 Å². The standard InChI is InChI=1S/C17H20FNO2/c1-11-5-6-14(18)8-13(11)10-19-15-9-17(21-4)16(20-3)7-12(15)2/h5-9,19H,10H2,1-4H3. The summed E-state index contributed by atoms with van der Waals surface area (Å²) in [6, 6.07) is 8.62. The first-order valence-corrected chi connectivity index (χ1v) is 6.76. The summed E-state index contributed by atoms with van der Waals surface area (Å²) in [6.07, 6.45) is 0. The fourth-order valence-electron chi connectivity index (χ4n) is 2.19. The Morgan fingerprint density at radius 1 is 0.952 bits per heavy atom. The molecule has 2 rings (SSSR count). The highest BCUT2D eigenvalue weighted by Gasteiger charge is 2.09. The summed E-state index contributed by atoms with van der Waals surface area (Å²) in [5.41, 5.74) is 3.98. The first kappa shape index (κ1) is 15.2. The Kier molecular flexibility index (Phi) is 4.68. The van der Waals surface area contributed by atoms with Gasteiger partial charge in [0.2, 0.25) is 0 Å². The van der Waals surface area contributed by atoms with Crippen LogP contribution in [0.5, 0.6) is 11.5 Å². The zero-order valence-electron chi connectivity index (χ0n) is 12.8. The van der Waals surface area contributed by atoms with Crippen LogP contribution in [0.15, 0.2) is 30.3 Å². The number of hydrogen-bond donors (Lipinski definition) is 1. The van der Waals surface area contributed by atoms with E-state index in [1.54, 1.807) is 26.4 Å². The predicted molar refractivity (Wildman–Crippen MR) is 82.7 cm³/mol. The number of benzene rings is 2.